The first-order valence-electron chi connectivity index (χ1n) is 5.86. The summed E-state index contributed by atoms with van der Waals surface area (Å²) in [6, 6.07) is 10.8. The van der Waals surface area contributed by atoms with Gasteiger partial charge in [0.1, 0.15) is 0 Å². The number of nitriles is 1. The fourth-order valence-corrected chi connectivity index (χ4v) is 2.90. The van der Waals surface area contributed by atoms with Gasteiger partial charge in [-0.05, 0) is 36.6 Å². The molecule has 0 radical (unpaired) electrons. The van der Waals surface area contributed by atoms with E-state index in [0.29, 0.717) is 6.04 Å². The first-order chi connectivity index (χ1) is 7.88. The summed E-state index contributed by atoms with van der Waals surface area (Å²) in [5.74, 6) is 0.815. The number of nitrogens with one attached hydrogen (secondary N) is 1. The van der Waals surface area contributed by atoms with Gasteiger partial charge in [0.05, 0.1) is 11.6 Å². The summed E-state index contributed by atoms with van der Waals surface area (Å²) in [4.78, 5) is 2.48. The van der Waals surface area contributed by atoms with Gasteiger partial charge in [0.15, 0.2) is 0 Å². The molecule has 0 aliphatic carbocycles. The summed E-state index contributed by atoms with van der Waals surface area (Å²) in [5, 5.41) is 12.2. The molecule has 2 saturated heterocycles. The van der Waals surface area contributed by atoms with Crippen LogP contribution in [-0.2, 0) is 0 Å². The quantitative estimate of drug-likeness (QED) is 0.765. The summed E-state index contributed by atoms with van der Waals surface area (Å²) in [6.45, 7) is 3.42. The molecule has 3 heteroatoms. The summed E-state index contributed by atoms with van der Waals surface area (Å²) >= 11 is 0. The minimum absolute atomic E-state index is 0.660. The van der Waals surface area contributed by atoms with E-state index < -0.39 is 0 Å². The van der Waals surface area contributed by atoms with Crippen molar-refractivity contribution >= 4 is 5.69 Å². The predicted octanol–water partition coefficient (Wildman–Crippen LogP) is 1.36. The van der Waals surface area contributed by atoms with Gasteiger partial charge in [-0.25, -0.2) is 0 Å². The van der Waals surface area contributed by atoms with Crippen molar-refractivity contribution in [1.29, 1.82) is 5.26 Å². The smallest absolute Gasteiger partial charge is 0.0991 e. The van der Waals surface area contributed by atoms with Crippen LogP contribution in [0.1, 0.15) is 12.0 Å². The molecule has 1 aromatic carbocycles. The molecule has 0 amide bonds. The Morgan fingerprint density at radius 2 is 2.06 bits per heavy atom. The van der Waals surface area contributed by atoms with Crippen LogP contribution in [0.15, 0.2) is 24.3 Å². The van der Waals surface area contributed by atoms with Crippen molar-refractivity contribution < 1.29 is 0 Å². The van der Waals surface area contributed by atoms with E-state index in [9.17, 15) is 0 Å². The van der Waals surface area contributed by atoms with Crippen LogP contribution in [0.5, 0.6) is 0 Å². The standard InChI is InChI=1S/C13H15N3/c14-7-10-1-3-12(4-2-10)16-6-5-11-8-15-9-13(11)16/h1-4,11,13,15H,5-6,8-9H2/t11-,13+/m1/s1. The van der Waals surface area contributed by atoms with Gasteiger partial charge >= 0.3 is 0 Å². The molecule has 1 aromatic rings. The highest BCUT2D eigenvalue weighted by molar-refractivity contribution is 5.52. The Hall–Kier alpha value is -1.53. The molecule has 2 heterocycles. The van der Waals surface area contributed by atoms with E-state index in [-0.39, 0.29) is 0 Å². The third-order valence-electron chi connectivity index (χ3n) is 3.77. The lowest BCUT2D eigenvalue weighted by Gasteiger charge is -2.25. The molecule has 82 valence electrons. The van der Waals surface area contributed by atoms with Gasteiger partial charge in [0.2, 0.25) is 0 Å². The normalized spacial score (nSPS) is 27.8. The molecular weight excluding hydrogens is 198 g/mol. The molecule has 2 fully saturated rings. The van der Waals surface area contributed by atoms with E-state index in [1.807, 2.05) is 12.1 Å². The Labute approximate surface area is 95.7 Å². The summed E-state index contributed by atoms with van der Waals surface area (Å²) in [7, 11) is 0. The molecular formula is C13H15N3. The highest BCUT2D eigenvalue weighted by Gasteiger charge is 2.37. The lowest BCUT2D eigenvalue weighted by Crippen LogP contribution is -2.33. The second kappa shape index (κ2) is 3.80. The molecule has 0 unspecified atom stereocenters. The number of hydrogen-bond donors (Lipinski definition) is 1. The number of hydrogen-bond acceptors (Lipinski definition) is 3. The molecule has 2 aliphatic heterocycles. The van der Waals surface area contributed by atoms with Crippen LogP contribution < -0.4 is 10.2 Å². The minimum Gasteiger partial charge on any atom is -0.367 e. The second-order valence-electron chi connectivity index (χ2n) is 4.63. The average molecular weight is 213 g/mol. The van der Waals surface area contributed by atoms with E-state index >= 15 is 0 Å². The van der Waals surface area contributed by atoms with Gasteiger partial charge in [0.25, 0.3) is 0 Å². The number of anilines is 1. The number of rotatable bonds is 1. The maximum absolute atomic E-state index is 8.77. The third kappa shape index (κ3) is 1.46. The van der Waals surface area contributed by atoms with Crippen molar-refractivity contribution in [2.45, 2.75) is 12.5 Å². The van der Waals surface area contributed by atoms with Crippen molar-refractivity contribution in [3.63, 3.8) is 0 Å². The topological polar surface area (TPSA) is 39.1 Å². The Morgan fingerprint density at radius 1 is 1.25 bits per heavy atom. The molecule has 2 aliphatic rings. The van der Waals surface area contributed by atoms with Gasteiger partial charge < -0.3 is 10.2 Å². The van der Waals surface area contributed by atoms with E-state index in [0.717, 1.165) is 31.1 Å². The minimum atomic E-state index is 0.660. The van der Waals surface area contributed by atoms with Crippen LogP contribution in [0.4, 0.5) is 5.69 Å². The van der Waals surface area contributed by atoms with E-state index in [2.05, 4.69) is 28.4 Å². The van der Waals surface area contributed by atoms with Crippen molar-refractivity contribution in [3.05, 3.63) is 29.8 Å². The number of nitrogens with zero attached hydrogens (tertiary/aromatic N) is 2. The van der Waals surface area contributed by atoms with Crippen LogP contribution in [0, 0.1) is 17.2 Å². The molecule has 0 aromatic heterocycles. The van der Waals surface area contributed by atoms with Crippen LogP contribution in [0.25, 0.3) is 0 Å². The SMILES string of the molecule is N#Cc1ccc(N2CC[C@@H]3CNC[C@@H]32)cc1. The first kappa shape index (κ1) is 9.68. The molecule has 2 atom stereocenters. The predicted molar refractivity (Wildman–Crippen MR) is 63.3 cm³/mol. The Morgan fingerprint density at radius 3 is 2.81 bits per heavy atom. The van der Waals surface area contributed by atoms with Gasteiger partial charge in [0, 0.05) is 31.4 Å². The molecule has 1 N–H and O–H groups in total. The lowest BCUT2D eigenvalue weighted by molar-refractivity contribution is 0.579. The molecule has 16 heavy (non-hydrogen) atoms. The van der Waals surface area contributed by atoms with Crippen molar-refractivity contribution in [2.75, 3.05) is 24.5 Å². The fourth-order valence-electron chi connectivity index (χ4n) is 2.90. The monoisotopic (exact) mass is 213 g/mol. The molecule has 0 bridgehead atoms. The van der Waals surface area contributed by atoms with Crippen molar-refractivity contribution in [2.24, 2.45) is 5.92 Å². The molecule has 3 rings (SSSR count). The van der Waals surface area contributed by atoms with E-state index in [4.69, 9.17) is 5.26 Å². The van der Waals surface area contributed by atoms with E-state index in [1.54, 1.807) is 0 Å². The van der Waals surface area contributed by atoms with Crippen LogP contribution in [0.3, 0.4) is 0 Å². The maximum atomic E-state index is 8.77. The van der Waals surface area contributed by atoms with Gasteiger partial charge in [-0.15, -0.1) is 0 Å². The zero-order chi connectivity index (χ0) is 11.0. The lowest BCUT2D eigenvalue weighted by atomic mass is 10.0. The third-order valence-corrected chi connectivity index (χ3v) is 3.77. The number of benzene rings is 1. The zero-order valence-electron chi connectivity index (χ0n) is 9.19. The molecule has 3 nitrogen and oxygen atoms in total. The van der Waals surface area contributed by atoms with E-state index in [1.165, 1.54) is 12.1 Å². The van der Waals surface area contributed by atoms with Crippen LogP contribution in [0.2, 0.25) is 0 Å². The average Bonchev–Trinajstić information content (AvgIpc) is 2.91. The maximum Gasteiger partial charge on any atom is 0.0991 e. The summed E-state index contributed by atoms with van der Waals surface area (Å²) < 4.78 is 0. The highest BCUT2D eigenvalue weighted by atomic mass is 15.2. The highest BCUT2D eigenvalue weighted by Crippen LogP contribution is 2.31. The zero-order valence-corrected chi connectivity index (χ0v) is 9.19. The Kier molecular flexibility index (Phi) is 2.30. The Bertz CT molecular complexity index is 418. The van der Waals surface area contributed by atoms with Gasteiger partial charge in [-0.2, -0.15) is 5.26 Å². The largest absolute Gasteiger partial charge is 0.367 e. The summed E-state index contributed by atoms with van der Waals surface area (Å²) in [5.41, 5.74) is 2.00. The molecule has 0 saturated carbocycles. The molecule has 0 spiro atoms. The van der Waals surface area contributed by atoms with Crippen molar-refractivity contribution in [3.8, 4) is 6.07 Å². The van der Waals surface area contributed by atoms with Gasteiger partial charge in [-0.3, -0.25) is 0 Å². The van der Waals surface area contributed by atoms with Crippen molar-refractivity contribution in [1.82, 2.24) is 5.32 Å². The van der Waals surface area contributed by atoms with Crippen LogP contribution in [-0.4, -0.2) is 25.7 Å². The number of fused-ring (bicyclic) bond motifs is 1. The first-order valence-corrected chi connectivity index (χ1v) is 5.86. The Balaban J connectivity index is 1.84. The second-order valence-corrected chi connectivity index (χ2v) is 4.63. The van der Waals surface area contributed by atoms with Gasteiger partial charge in [-0.1, -0.05) is 0 Å². The fraction of sp³-hybridized carbons (Fsp3) is 0.462. The summed E-state index contributed by atoms with van der Waals surface area (Å²) in [6.07, 6.45) is 1.29. The van der Waals surface area contributed by atoms with Crippen LogP contribution >= 0.6 is 0 Å².